The second-order valence-corrected chi connectivity index (χ2v) is 10.3. The van der Waals surface area contributed by atoms with Crippen LogP contribution in [0.5, 0.6) is 0 Å². The number of sulfone groups is 1. The maximum Gasteiger partial charge on any atom is 0.327 e. The number of carbonyl (C=O) groups is 1. The molecule has 2 aliphatic rings. The van der Waals surface area contributed by atoms with Crippen LogP contribution in [0.25, 0.3) is 6.08 Å². The summed E-state index contributed by atoms with van der Waals surface area (Å²) in [6, 6.07) is 23.2. The van der Waals surface area contributed by atoms with Crippen molar-refractivity contribution < 1.29 is 22.3 Å². The van der Waals surface area contributed by atoms with Crippen LogP contribution in [-0.2, 0) is 25.1 Å². The number of esters is 1. The number of carbonyl (C=O) groups excluding carboxylic acids is 1. The Morgan fingerprint density at radius 3 is 2.09 bits per heavy atom. The Balaban J connectivity index is 1.63. The predicted molar refractivity (Wildman–Crippen MR) is 126 cm³/mol. The zero-order valence-electron chi connectivity index (χ0n) is 18.2. The minimum absolute atomic E-state index is 0.116. The molecule has 0 saturated carbocycles. The fourth-order valence-electron chi connectivity index (χ4n) is 4.65. The number of halogens is 1. The molecule has 6 nitrogen and oxygen atoms in total. The highest BCUT2D eigenvalue weighted by atomic mass is 32.2. The van der Waals surface area contributed by atoms with E-state index in [2.05, 4.69) is 5.32 Å². The molecule has 2 heterocycles. The Labute approximate surface area is 197 Å². The molecule has 0 aromatic heterocycles. The Hall–Kier alpha value is -3.33. The quantitative estimate of drug-likeness (QED) is 0.568. The summed E-state index contributed by atoms with van der Waals surface area (Å²) in [6.07, 6.45) is 1.43. The summed E-state index contributed by atoms with van der Waals surface area (Å²) in [6.45, 7) is 0.387. The smallest absolute Gasteiger partial charge is 0.327 e. The van der Waals surface area contributed by atoms with Crippen molar-refractivity contribution in [1.82, 2.24) is 10.2 Å². The van der Waals surface area contributed by atoms with Crippen LogP contribution in [0.4, 0.5) is 4.39 Å². The van der Waals surface area contributed by atoms with E-state index in [0.717, 1.165) is 5.41 Å². The third-order valence-electron chi connectivity index (χ3n) is 6.22. The van der Waals surface area contributed by atoms with Gasteiger partial charge in [-0.25, -0.2) is 17.7 Å². The first-order valence-electron chi connectivity index (χ1n) is 10.9. The van der Waals surface area contributed by atoms with Crippen molar-refractivity contribution in [3.05, 3.63) is 113 Å². The molecule has 174 valence electrons. The van der Waals surface area contributed by atoms with Gasteiger partial charge in [0.1, 0.15) is 17.2 Å². The number of hydrogen-bond donors (Lipinski definition) is 1. The molecule has 0 radical (unpaired) electrons. The number of nitrogens with one attached hydrogen (secondary N) is 1. The average molecular weight is 479 g/mol. The van der Waals surface area contributed by atoms with E-state index in [4.69, 9.17) is 4.74 Å². The number of rotatable bonds is 5. The highest BCUT2D eigenvalue weighted by molar-refractivity contribution is 7.95. The van der Waals surface area contributed by atoms with Gasteiger partial charge in [-0.05, 0) is 23.8 Å². The molecule has 0 amide bonds. The van der Waals surface area contributed by atoms with Gasteiger partial charge in [0, 0.05) is 29.6 Å². The summed E-state index contributed by atoms with van der Waals surface area (Å²) in [5.74, 6) is -0.884. The number of piperazine rings is 1. The average Bonchev–Trinajstić information content (AvgIpc) is 3.18. The second kappa shape index (κ2) is 8.79. The normalized spacial score (nSPS) is 22.4. The van der Waals surface area contributed by atoms with E-state index in [1.54, 1.807) is 4.90 Å². The van der Waals surface area contributed by atoms with Crippen LogP contribution < -0.4 is 5.32 Å². The second-order valence-electron chi connectivity index (χ2n) is 8.28. The Morgan fingerprint density at radius 2 is 1.50 bits per heavy atom. The number of benzene rings is 3. The monoisotopic (exact) mass is 478 g/mol. The molecule has 1 N–H and O–H groups in total. The molecule has 8 heteroatoms. The van der Waals surface area contributed by atoms with E-state index in [1.807, 2.05) is 60.7 Å². The third-order valence-corrected chi connectivity index (χ3v) is 7.88. The molecular formula is C26H23FN2O4S. The van der Waals surface area contributed by atoms with Crippen LogP contribution >= 0.6 is 0 Å². The maximum atomic E-state index is 13.6. The van der Waals surface area contributed by atoms with Gasteiger partial charge < -0.3 is 10.1 Å². The number of fused-ring (bicyclic) bond motifs is 1. The zero-order valence-corrected chi connectivity index (χ0v) is 19.0. The minimum atomic E-state index is -3.90. The van der Waals surface area contributed by atoms with E-state index >= 15 is 0 Å². The SMILES string of the molecule is O=C1OC(c2ccccc2)(c2ccccc2)N2C1CNCC2S(=O)(=O)C=Cc1ccc(F)cc1. The molecule has 2 saturated heterocycles. The maximum absolute atomic E-state index is 13.6. The van der Waals surface area contributed by atoms with Gasteiger partial charge in [-0.1, -0.05) is 72.8 Å². The van der Waals surface area contributed by atoms with Crippen LogP contribution in [0.1, 0.15) is 16.7 Å². The zero-order chi connectivity index (χ0) is 23.8. The van der Waals surface area contributed by atoms with Gasteiger partial charge in [0.25, 0.3) is 0 Å². The fourth-order valence-corrected chi connectivity index (χ4v) is 6.14. The van der Waals surface area contributed by atoms with Gasteiger partial charge in [-0.2, -0.15) is 0 Å². The lowest BCUT2D eigenvalue weighted by Gasteiger charge is -2.44. The van der Waals surface area contributed by atoms with Crippen molar-refractivity contribution >= 4 is 21.9 Å². The lowest BCUT2D eigenvalue weighted by atomic mass is 9.92. The van der Waals surface area contributed by atoms with Crippen molar-refractivity contribution in [2.45, 2.75) is 17.1 Å². The molecule has 3 aromatic rings. The van der Waals surface area contributed by atoms with Crippen LogP contribution in [0, 0.1) is 5.82 Å². The van der Waals surface area contributed by atoms with Crippen molar-refractivity contribution in [3.63, 3.8) is 0 Å². The standard InChI is InChI=1S/C26H23FN2O4S/c27-22-13-11-19(12-14-22)15-16-34(31,32)24-18-28-17-23-25(30)33-26(29(23)24,20-7-3-1-4-8-20)21-9-5-2-6-10-21/h1-16,23-24,28H,17-18H2. The molecule has 2 atom stereocenters. The highest BCUT2D eigenvalue weighted by Crippen LogP contribution is 2.46. The first kappa shape index (κ1) is 22.5. The van der Waals surface area contributed by atoms with Gasteiger partial charge in [0.2, 0.25) is 5.72 Å². The van der Waals surface area contributed by atoms with Crippen molar-refractivity contribution in [3.8, 4) is 0 Å². The largest absolute Gasteiger partial charge is 0.434 e. The van der Waals surface area contributed by atoms with Crippen LogP contribution in [-0.4, -0.2) is 43.8 Å². The highest BCUT2D eigenvalue weighted by Gasteiger charge is 2.61. The minimum Gasteiger partial charge on any atom is -0.434 e. The molecule has 5 rings (SSSR count). The number of hydrogen-bond acceptors (Lipinski definition) is 6. The first-order valence-corrected chi connectivity index (χ1v) is 12.5. The van der Waals surface area contributed by atoms with Gasteiger partial charge >= 0.3 is 5.97 Å². The van der Waals surface area contributed by atoms with Gasteiger partial charge in [0.15, 0.2) is 9.84 Å². The summed E-state index contributed by atoms with van der Waals surface area (Å²) in [4.78, 5) is 14.8. The van der Waals surface area contributed by atoms with Gasteiger partial charge in [0.05, 0.1) is 0 Å². The fraction of sp³-hybridized carbons (Fsp3) is 0.192. The van der Waals surface area contributed by atoms with E-state index < -0.39 is 38.8 Å². The number of cyclic esters (lactones) is 1. The molecule has 3 aromatic carbocycles. The summed E-state index contributed by atoms with van der Waals surface area (Å²) < 4.78 is 46.6. The predicted octanol–water partition coefficient (Wildman–Crippen LogP) is 3.27. The molecule has 0 spiro atoms. The van der Waals surface area contributed by atoms with E-state index in [-0.39, 0.29) is 13.1 Å². The molecule has 0 bridgehead atoms. The molecule has 0 aliphatic carbocycles. The molecule has 2 unspecified atom stereocenters. The van der Waals surface area contributed by atoms with Gasteiger partial charge in [-0.15, -0.1) is 0 Å². The number of ether oxygens (including phenoxy) is 1. The van der Waals surface area contributed by atoms with Crippen LogP contribution in [0.2, 0.25) is 0 Å². The van der Waals surface area contributed by atoms with Crippen molar-refractivity contribution in [2.75, 3.05) is 13.1 Å². The third kappa shape index (κ3) is 3.83. The lowest BCUT2D eigenvalue weighted by Crippen LogP contribution is -2.63. The Bertz CT molecular complexity index is 1270. The number of nitrogens with zero attached hydrogens (tertiary/aromatic N) is 1. The Morgan fingerprint density at radius 1 is 0.912 bits per heavy atom. The van der Waals surface area contributed by atoms with E-state index in [0.29, 0.717) is 16.7 Å². The summed E-state index contributed by atoms with van der Waals surface area (Å²) >= 11 is 0. The van der Waals surface area contributed by atoms with Crippen LogP contribution in [0.3, 0.4) is 0 Å². The molecule has 34 heavy (non-hydrogen) atoms. The van der Waals surface area contributed by atoms with Crippen molar-refractivity contribution in [1.29, 1.82) is 0 Å². The topological polar surface area (TPSA) is 75.7 Å². The van der Waals surface area contributed by atoms with Crippen molar-refractivity contribution in [2.24, 2.45) is 0 Å². The summed E-state index contributed by atoms with van der Waals surface area (Å²) in [5.41, 5.74) is 0.494. The molecular weight excluding hydrogens is 455 g/mol. The molecule has 2 fully saturated rings. The first-order chi connectivity index (χ1) is 16.4. The van der Waals surface area contributed by atoms with E-state index in [1.165, 1.54) is 30.3 Å². The van der Waals surface area contributed by atoms with Gasteiger partial charge in [-0.3, -0.25) is 4.79 Å². The summed E-state index contributed by atoms with van der Waals surface area (Å²) in [5, 5.41) is 3.13. The van der Waals surface area contributed by atoms with E-state index in [9.17, 15) is 17.6 Å². The Kier molecular flexibility index (Phi) is 5.81. The molecule has 2 aliphatic heterocycles. The lowest BCUT2D eigenvalue weighted by molar-refractivity contribution is -0.150. The summed E-state index contributed by atoms with van der Waals surface area (Å²) in [7, 11) is -3.90. The van der Waals surface area contributed by atoms with Crippen LogP contribution in [0.15, 0.2) is 90.3 Å².